The first-order valence-corrected chi connectivity index (χ1v) is 8.61. The highest BCUT2D eigenvalue weighted by atomic mass is 79.9. The van der Waals surface area contributed by atoms with Crippen molar-refractivity contribution >= 4 is 39.2 Å². The van der Waals surface area contributed by atoms with E-state index in [2.05, 4.69) is 15.9 Å². The van der Waals surface area contributed by atoms with Crippen LogP contribution in [0.2, 0.25) is 0 Å². The van der Waals surface area contributed by atoms with Gasteiger partial charge in [-0.2, -0.15) is 13.2 Å². The summed E-state index contributed by atoms with van der Waals surface area (Å²) in [7, 11) is 0. The monoisotopic (exact) mass is 400 g/mol. The van der Waals surface area contributed by atoms with Gasteiger partial charge in [0.1, 0.15) is 11.2 Å². The lowest BCUT2D eigenvalue weighted by molar-refractivity contribution is -0.137. The van der Waals surface area contributed by atoms with Gasteiger partial charge in [-0.05, 0) is 35.9 Å². The van der Waals surface area contributed by atoms with E-state index in [0.717, 1.165) is 22.2 Å². The maximum atomic E-state index is 12.9. The van der Waals surface area contributed by atoms with Gasteiger partial charge in [0, 0.05) is 10.2 Å². The molecule has 1 aliphatic rings. The largest absolute Gasteiger partial charge is 0.416 e. The lowest BCUT2D eigenvalue weighted by Crippen LogP contribution is -2.27. The maximum Gasteiger partial charge on any atom is 0.416 e. The second kappa shape index (κ2) is 6.20. The van der Waals surface area contributed by atoms with Gasteiger partial charge in [0.2, 0.25) is 0 Å². The normalized spacial score (nSPS) is 18.5. The molecule has 1 N–H and O–H groups in total. The molecule has 1 fully saturated rings. The van der Waals surface area contributed by atoms with E-state index >= 15 is 0 Å². The Hall–Kier alpha value is -1.47. The van der Waals surface area contributed by atoms with Crippen molar-refractivity contribution in [3.63, 3.8) is 0 Å². The van der Waals surface area contributed by atoms with Crippen LogP contribution < -0.4 is 4.90 Å². The molecule has 1 aliphatic heterocycles. The summed E-state index contributed by atoms with van der Waals surface area (Å²) in [5, 5.41) is 7.91. The van der Waals surface area contributed by atoms with Gasteiger partial charge in [-0.1, -0.05) is 34.1 Å². The number of thioether (sulfide) groups is 1. The molecule has 1 unspecified atom stereocenters. The molecular formula is C16H12BrF3N2S. The highest BCUT2D eigenvalue weighted by Gasteiger charge is 2.34. The fraction of sp³-hybridized carbons (Fsp3) is 0.188. The molecule has 2 aromatic carbocycles. The van der Waals surface area contributed by atoms with Crippen molar-refractivity contribution in [1.29, 1.82) is 5.41 Å². The van der Waals surface area contributed by atoms with Gasteiger partial charge < -0.3 is 4.90 Å². The van der Waals surface area contributed by atoms with Crippen molar-refractivity contribution < 1.29 is 13.2 Å². The lowest BCUT2D eigenvalue weighted by Gasteiger charge is -2.26. The molecule has 1 saturated heterocycles. The number of amidine groups is 1. The molecule has 0 radical (unpaired) electrons. The van der Waals surface area contributed by atoms with E-state index in [0.29, 0.717) is 17.3 Å². The van der Waals surface area contributed by atoms with E-state index < -0.39 is 11.7 Å². The Kier molecular flexibility index (Phi) is 4.42. The van der Waals surface area contributed by atoms with E-state index in [-0.39, 0.29) is 5.37 Å². The average molecular weight is 401 g/mol. The van der Waals surface area contributed by atoms with Crippen LogP contribution in [0.1, 0.15) is 16.5 Å². The molecule has 0 aromatic heterocycles. The summed E-state index contributed by atoms with van der Waals surface area (Å²) < 4.78 is 39.7. The Balaban J connectivity index is 1.99. The summed E-state index contributed by atoms with van der Waals surface area (Å²) in [6.45, 7) is 0. The smallest absolute Gasteiger partial charge is 0.313 e. The van der Waals surface area contributed by atoms with Crippen molar-refractivity contribution in [1.82, 2.24) is 0 Å². The van der Waals surface area contributed by atoms with Crippen molar-refractivity contribution in [2.45, 2.75) is 11.6 Å². The Morgan fingerprint density at radius 1 is 1.13 bits per heavy atom. The minimum Gasteiger partial charge on any atom is -0.313 e. The van der Waals surface area contributed by atoms with E-state index in [4.69, 9.17) is 5.41 Å². The zero-order chi connectivity index (χ0) is 16.6. The summed E-state index contributed by atoms with van der Waals surface area (Å²) in [6.07, 6.45) is -4.39. The third-order valence-electron chi connectivity index (χ3n) is 3.51. The summed E-state index contributed by atoms with van der Waals surface area (Å²) >= 11 is 4.90. The Morgan fingerprint density at radius 2 is 1.83 bits per heavy atom. The zero-order valence-electron chi connectivity index (χ0n) is 11.8. The standard InChI is InChI=1S/C16H12BrF3N2S/c17-12-6-4-10(5-7-12)15-22(14(21)9-23-15)13-3-1-2-11(8-13)16(18,19)20/h1-8,15,21H,9H2. The topological polar surface area (TPSA) is 27.1 Å². The van der Waals surface area contributed by atoms with Gasteiger partial charge in [-0.3, -0.25) is 5.41 Å². The molecule has 7 heteroatoms. The van der Waals surface area contributed by atoms with Gasteiger partial charge >= 0.3 is 6.18 Å². The molecule has 2 nitrogen and oxygen atoms in total. The molecule has 0 bridgehead atoms. The second-order valence-corrected chi connectivity index (χ2v) is 7.06. The summed E-state index contributed by atoms with van der Waals surface area (Å²) in [5.74, 6) is 0.777. The summed E-state index contributed by atoms with van der Waals surface area (Å²) in [6, 6.07) is 12.8. The molecule has 3 rings (SSSR count). The first kappa shape index (κ1) is 16.4. The van der Waals surface area contributed by atoms with E-state index in [1.165, 1.54) is 17.8 Å². The highest BCUT2D eigenvalue weighted by Crippen LogP contribution is 2.43. The number of alkyl halides is 3. The average Bonchev–Trinajstić information content (AvgIpc) is 2.89. The maximum absolute atomic E-state index is 12.9. The molecular weight excluding hydrogens is 389 g/mol. The number of nitrogens with one attached hydrogen (secondary N) is 1. The summed E-state index contributed by atoms with van der Waals surface area (Å²) in [5.41, 5.74) is 0.648. The predicted molar refractivity (Wildman–Crippen MR) is 91.0 cm³/mol. The van der Waals surface area contributed by atoms with Gasteiger partial charge in [-0.25, -0.2) is 0 Å². The van der Waals surface area contributed by atoms with Crippen LogP contribution in [0.3, 0.4) is 0 Å². The second-order valence-electron chi connectivity index (χ2n) is 5.08. The Morgan fingerprint density at radius 3 is 2.48 bits per heavy atom. The molecule has 0 saturated carbocycles. The number of hydrogen-bond acceptors (Lipinski definition) is 2. The van der Waals surface area contributed by atoms with Crippen LogP contribution in [0.4, 0.5) is 18.9 Å². The summed E-state index contributed by atoms with van der Waals surface area (Å²) in [4.78, 5) is 1.66. The van der Waals surface area contributed by atoms with Crippen LogP contribution in [0, 0.1) is 5.41 Å². The first-order chi connectivity index (χ1) is 10.9. The minimum atomic E-state index is -4.39. The SMILES string of the molecule is N=C1CSC(c2ccc(Br)cc2)N1c1cccc(C(F)(F)F)c1. The molecule has 1 atom stereocenters. The van der Waals surface area contributed by atoms with Crippen molar-refractivity contribution in [3.05, 3.63) is 64.1 Å². The minimum absolute atomic E-state index is 0.195. The molecule has 2 aromatic rings. The van der Waals surface area contributed by atoms with Gasteiger partial charge in [0.15, 0.2) is 0 Å². The van der Waals surface area contributed by atoms with Gasteiger partial charge in [0.25, 0.3) is 0 Å². The first-order valence-electron chi connectivity index (χ1n) is 6.77. The van der Waals surface area contributed by atoms with Crippen molar-refractivity contribution in [2.75, 3.05) is 10.7 Å². The van der Waals surface area contributed by atoms with E-state index in [9.17, 15) is 13.2 Å². The third kappa shape index (κ3) is 3.40. The van der Waals surface area contributed by atoms with Crippen LogP contribution in [-0.2, 0) is 6.18 Å². The molecule has 0 amide bonds. The van der Waals surface area contributed by atoms with E-state index in [1.807, 2.05) is 24.3 Å². The number of nitrogens with zero attached hydrogens (tertiary/aromatic N) is 1. The number of rotatable bonds is 2. The lowest BCUT2D eigenvalue weighted by atomic mass is 10.1. The fourth-order valence-corrected chi connectivity index (χ4v) is 3.91. The van der Waals surface area contributed by atoms with Gasteiger partial charge in [0.05, 0.1) is 11.3 Å². The van der Waals surface area contributed by atoms with Gasteiger partial charge in [-0.15, -0.1) is 11.8 Å². The number of hydrogen-bond donors (Lipinski definition) is 1. The van der Waals surface area contributed by atoms with E-state index in [1.54, 1.807) is 11.0 Å². The number of halogens is 4. The third-order valence-corrected chi connectivity index (χ3v) is 5.28. The highest BCUT2D eigenvalue weighted by molar-refractivity contribution is 9.10. The van der Waals surface area contributed by atoms with Crippen LogP contribution in [0.15, 0.2) is 53.0 Å². The molecule has 23 heavy (non-hydrogen) atoms. The molecule has 1 heterocycles. The molecule has 0 spiro atoms. The Bertz CT molecular complexity index is 731. The Labute approximate surface area is 144 Å². The number of benzene rings is 2. The van der Waals surface area contributed by atoms with Crippen LogP contribution in [0.5, 0.6) is 0 Å². The zero-order valence-corrected chi connectivity index (χ0v) is 14.2. The van der Waals surface area contributed by atoms with Crippen molar-refractivity contribution in [2.24, 2.45) is 0 Å². The van der Waals surface area contributed by atoms with Crippen LogP contribution >= 0.6 is 27.7 Å². The molecule has 120 valence electrons. The molecule has 0 aliphatic carbocycles. The van der Waals surface area contributed by atoms with Crippen LogP contribution in [0.25, 0.3) is 0 Å². The fourth-order valence-electron chi connectivity index (χ4n) is 2.44. The van der Waals surface area contributed by atoms with Crippen molar-refractivity contribution in [3.8, 4) is 0 Å². The number of anilines is 1. The predicted octanol–water partition coefficient (Wildman–Crippen LogP) is 5.70. The quantitative estimate of drug-likeness (QED) is 0.699. The van der Waals surface area contributed by atoms with Crippen LogP contribution in [-0.4, -0.2) is 11.6 Å².